The second-order valence-corrected chi connectivity index (χ2v) is 5.80. The van der Waals surface area contributed by atoms with Gasteiger partial charge in [0.1, 0.15) is 5.60 Å². The van der Waals surface area contributed by atoms with Gasteiger partial charge in [0, 0.05) is 17.6 Å². The van der Waals surface area contributed by atoms with Crippen LogP contribution in [-0.2, 0) is 16.9 Å². The van der Waals surface area contributed by atoms with Crippen molar-refractivity contribution in [2.45, 2.75) is 26.0 Å². The summed E-state index contributed by atoms with van der Waals surface area (Å²) in [5, 5.41) is 18.6. The number of aromatic nitrogens is 2. The average molecular weight is 307 g/mol. The lowest BCUT2D eigenvalue weighted by Crippen LogP contribution is -2.41. The monoisotopic (exact) mass is 307 g/mol. The van der Waals surface area contributed by atoms with Crippen LogP contribution in [0.3, 0.4) is 0 Å². The molecule has 1 atom stereocenters. The summed E-state index contributed by atoms with van der Waals surface area (Å²) in [6.45, 7) is 4.08. The zero-order valence-electron chi connectivity index (χ0n) is 11.9. The van der Waals surface area contributed by atoms with Crippen molar-refractivity contribution in [3.63, 3.8) is 0 Å². The van der Waals surface area contributed by atoms with E-state index in [-0.39, 0.29) is 12.1 Å². The molecule has 0 saturated carbocycles. The lowest BCUT2D eigenvalue weighted by atomic mass is 10.1. The third-order valence-corrected chi connectivity index (χ3v) is 4.19. The molecule has 0 aliphatic rings. The summed E-state index contributed by atoms with van der Waals surface area (Å²) in [5.74, 6) is -1.40. The molecule has 0 aliphatic heterocycles. The Morgan fingerprint density at radius 1 is 1.52 bits per heavy atom. The van der Waals surface area contributed by atoms with Crippen LogP contribution in [0.15, 0.2) is 29.9 Å². The molecule has 112 valence electrons. The van der Waals surface area contributed by atoms with Crippen LogP contribution in [0.1, 0.15) is 29.1 Å². The van der Waals surface area contributed by atoms with Crippen molar-refractivity contribution in [1.29, 1.82) is 0 Å². The molecule has 6 nitrogen and oxygen atoms in total. The lowest BCUT2D eigenvalue weighted by Gasteiger charge is -2.21. The summed E-state index contributed by atoms with van der Waals surface area (Å²) in [4.78, 5) is 24.5. The molecule has 2 N–H and O–H groups in total. The number of ketones is 1. The molecule has 0 aliphatic carbocycles. The Morgan fingerprint density at radius 3 is 2.86 bits per heavy atom. The van der Waals surface area contributed by atoms with Gasteiger partial charge < -0.3 is 10.4 Å². The number of Topliss-reactive ketones (excluding diaryl/α,β-unsaturated/α-hetero) is 1. The maximum atomic E-state index is 11.9. The first-order chi connectivity index (χ1) is 9.94. The number of hydrogen-bond donors (Lipinski definition) is 2. The molecular weight excluding hydrogens is 290 g/mol. The summed E-state index contributed by atoms with van der Waals surface area (Å²) in [5.41, 5.74) is -0.956. The highest BCUT2D eigenvalue weighted by atomic mass is 32.1. The van der Waals surface area contributed by atoms with Gasteiger partial charge in [0.05, 0.1) is 18.3 Å². The van der Waals surface area contributed by atoms with Gasteiger partial charge in [0.15, 0.2) is 0 Å². The molecular formula is C14H17N3O3S. The molecule has 0 aromatic carbocycles. The number of hydrogen-bond acceptors (Lipinski definition) is 5. The number of aryl methyl sites for hydroxylation is 1. The molecule has 2 rings (SSSR count). The third kappa shape index (κ3) is 3.56. The molecule has 21 heavy (non-hydrogen) atoms. The standard InChI is InChI=1S/C14H17N3O3S/c1-3-17-8-10(7-16-17)12(18)13(19)15-9-14(2,20)11-5-4-6-21-11/h4-8,20H,3,9H2,1-2H3,(H,15,19). The van der Waals surface area contributed by atoms with Gasteiger partial charge in [0.2, 0.25) is 0 Å². The molecule has 0 fully saturated rings. The molecule has 0 radical (unpaired) electrons. The van der Waals surface area contributed by atoms with Gasteiger partial charge in [-0.05, 0) is 25.3 Å². The zero-order chi connectivity index (χ0) is 15.5. The van der Waals surface area contributed by atoms with Crippen LogP contribution in [0.5, 0.6) is 0 Å². The van der Waals surface area contributed by atoms with Crippen LogP contribution < -0.4 is 5.32 Å². The van der Waals surface area contributed by atoms with Gasteiger partial charge in [-0.25, -0.2) is 0 Å². The minimum atomic E-state index is -1.20. The van der Waals surface area contributed by atoms with E-state index in [0.29, 0.717) is 6.54 Å². The highest BCUT2D eigenvalue weighted by Crippen LogP contribution is 2.24. The number of carbonyl (C=O) groups is 2. The Labute approximate surface area is 126 Å². The first-order valence-electron chi connectivity index (χ1n) is 6.55. The maximum Gasteiger partial charge on any atom is 0.292 e. The predicted molar refractivity (Wildman–Crippen MR) is 79.1 cm³/mol. The number of amides is 1. The molecule has 1 amide bonds. The fourth-order valence-corrected chi connectivity index (χ4v) is 2.58. The van der Waals surface area contributed by atoms with Crippen molar-refractivity contribution < 1.29 is 14.7 Å². The second kappa shape index (κ2) is 6.19. The van der Waals surface area contributed by atoms with Crippen molar-refractivity contribution in [2.75, 3.05) is 6.54 Å². The van der Waals surface area contributed by atoms with Crippen molar-refractivity contribution in [2.24, 2.45) is 0 Å². The van der Waals surface area contributed by atoms with E-state index in [9.17, 15) is 14.7 Å². The third-order valence-electron chi connectivity index (χ3n) is 3.07. The van der Waals surface area contributed by atoms with E-state index in [1.807, 2.05) is 18.4 Å². The largest absolute Gasteiger partial charge is 0.383 e. The second-order valence-electron chi connectivity index (χ2n) is 4.85. The van der Waals surface area contributed by atoms with Crippen molar-refractivity contribution in [3.8, 4) is 0 Å². The number of nitrogens with one attached hydrogen (secondary N) is 1. The first kappa shape index (κ1) is 15.4. The van der Waals surface area contributed by atoms with Gasteiger partial charge in [-0.15, -0.1) is 11.3 Å². The van der Waals surface area contributed by atoms with Gasteiger partial charge in [-0.2, -0.15) is 5.10 Å². The number of rotatable bonds is 6. The number of carbonyl (C=O) groups excluding carboxylic acids is 2. The van der Waals surface area contributed by atoms with Gasteiger partial charge >= 0.3 is 0 Å². The first-order valence-corrected chi connectivity index (χ1v) is 7.43. The summed E-state index contributed by atoms with van der Waals surface area (Å²) in [6.07, 6.45) is 2.89. The van der Waals surface area contributed by atoms with Crippen molar-refractivity contribution in [3.05, 3.63) is 40.3 Å². The molecule has 2 aromatic heterocycles. The smallest absolute Gasteiger partial charge is 0.292 e. The summed E-state index contributed by atoms with van der Waals surface area (Å²) >= 11 is 1.39. The fourth-order valence-electron chi connectivity index (χ4n) is 1.79. The molecule has 7 heteroatoms. The number of thiophene rings is 1. The lowest BCUT2D eigenvalue weighted by molar-refractivity contribution is -0.118. The minimum Gasteiger partial charge on any atom is -0.383 e. The topological polar surface area (TPSA) is 84.2 Å². The van der Waals surface area contributed by atoms with E-state index < -0.39 is 17.3 Å². The van der Waals surface area contributed by atoms with Crippen LogP contribution in [0.2, 0.25) is 0 Å². The van der Waals surface area contributed by atoms with Crippen LogP contribution in [-0.4, -0.2) is 33.1 Å². The zero-order valence-corrected chi connectivity index (χ0v) is 12.7. The van der Waals surface area contributed by atoms with E-state index >= 15 is 0 Å². The summed E-state index contributed by atoms with van der Waals surface area (Å²) < 4.78 is 1.57. The van der Waals surface area contributed by atoms with Gasteiger partial charge in [0.25, 0.3) is 11.7 Å². The molecule has 2 aromatic rings. The Morgan fingerprint density at radius 2 is 2.29 bits per heavy atom. The summed E-state index contributed by atoms with van der Waals surface area (Å²) in [7, 11) is 0. The Bertz CT molecular complexity index is 632. The fraction of sp³-hybridized carbons (Fsp3) is 0.357. The van der Waals surface area contributed by atoms with Crippen molar-refractivity contribution >= 4 is 23.0 Å². The van der Waals surface area contributed by atoms with Crippen LogP contribution in [0.4, 0.5) is 0 Å². The Kier molecular flexibility index (Phi) is 4.54. The number of nitrogens with zero attached hydrogens (tertiary/aromatic N) is 2. The van der Waals surface area contributed by atoms with Crippen LogP contribution >= 0.6 is 11.3 Å². The Hall–Kier alpha value is -1.99. The van der Waals surface area contributed by atoms with Gasteiger partial charge in [-0.3, -0.25) is 14.3 Å². The highest BCUT2D eigenvalue weighted by molar-refractivity contribution is 7.10. The molecule has 0 saturated heterocycles. The number of aliphatic hydroxyl groups is 1. The van der Waals surface area contributed by atoms with E-state index in [2.05, 4.69) is 10.4 Å². The van der Waals surface area contributed by atoms with Gasteiger partial charge in [-0.1, -0.05) is 6.07 Å². The van der Waals surface area contributed by atoms with Crippen LogP contribution in [0, 0.1) is 0 Å². The van der Waals surface area contributed by atoms with Crippen molar-refractivity contribution in [1.82, 2.24) is 15.1 Å². The predicted octanol–water partition coefficient (Wildman–Crippen LogP) is 1.17. The molecule has 2 heterocycles. The Balaban J connectivity index is 1.97. The highest BCUT2D eigenvalue weighted by Gasteiger charge is 2.27. The molecule has 1 unspecified atom stereocenters. The summed E-state index contributed by atoms with van der Waals surface area (Å²) in [6, 6.07) is 3.60. The van der Waals surface area contributed by atoms with E-state index in [1.54, 1.807) is 17.7 Å². The van der Waals surface area contributed by atoms with E-state index in [1.165, 1.54) is 23.7 Å². The SMILES string of the molecule is CCn1cc(C(=O)C(=O)NCC(C)(O)c2cccs2)cn1. The minimum absolute atomic E-state index is 0.0278. The average Bonchev–Trinajstić information content (AvgIpc) is 3.14. The van der Waals surface area contributed by atoms with E-state index in [0.717, 1.165) is 4.88 Å². The van der Waals surface area contributed by atoms with Crippen LogP contribution in [0.25, 0.3) is 0 Å². The maximum absolute atomic E-state index is 11.9. The molecule has 0 spiro atoms. The molecule has 0 bridgehead atoms. The quantitative estimate of drug-likeness (QED) is 0.620. The normalized spacial score (nSPS) is 13.7. The van der Waals surface area contributed by atoms with E-state index in [4.69, 9.17) is 0 Å².